The first-order valence-corrected chi connectivity index (χ1v) is 10.8. The van der Waals surface area contributed by atoms with Crippen molar-refractivity contribution in [3.63, 3.8) is 0 Å². The van der Waals surface area contributed by atoms with E-state index in [2.05, 4.69) is 14.8 Å². The Morgan fingerprint density at radius 2 is 1.70 bits per heavy atom. The van der Waals surface area contributed by atoms with Crippen LogP contribution < -0.4 is 14.8 Å². The number of halogens is 3. The van der Waals surface area contributed by atoms with Crippen LogP contribution in [0.3, 0.4) is 0 Å². The third kappa shape index (κ3) is 7.68. The van der Waals surface area contributed by atoms with Gasteiger partial charge in [-0.25, -0.2) is 13.1 Å². The van der Waals surface area contributed by atoms with E-state index >= 15 is 0 Å². The third-order valence-corrected chi connectivity index (χ3v) is 5.80. The molecule has 6 nitrogen and oxygen atoms in total. The molecule has 30 heavy (non-hydrogen) atoms. The standard InChI is InChI=1S/C20H23F3N2O4S/c1-2-15(16-6-4-3-5-7-16)14-24-19(26)12-13-25-30(27,28)18-10-8-17(9-11-18)29-20(21,22)23/h3-11,15,25H,2,12-14H2,1H3,(H,24,26). The number of nitrogens with one attached hydrogen (secondary N) is 2. The fourth-order valence-corrected chi connectivity index (χ4v) is 3.78. The third-order valence-electron chi connectivity index (χ3n) is 4.32. The molecule has 10 heteroatoms. The van der Waals surface area contributed by atoms with Gasteiger partial charge in [-0.05, 0) is 36.2 Å². The normalized spacial score (nSPS) is 12.9. The van der Waals surface area contributed by atoms with Crippen molar-refractivity contribution in [1.29, 1.82) is 0 Å². The molecule has 164 valence electrons. The molecule has 0 radical (unpaired) electrons. The van der Waals surface area contributed by atoms with E-state index in [1.165, 1.54) is 0 Å². The molecule has 0 aliphatic heterocycles. The lowest BCUT2D eigenvalue weighted by molar-refractivity contribution is -0.274. The number of hydrogen-bond donors (Lipinski definition) is 2. The molecule has 0 saturated carbocycles. The van der Waals surface area contributed by atoms with Crippen LogP contribution in [0.15, 0.2) is 59.5 Å². The first kappa shape index (κ1) is 23.7. The Morgan fingerprint density at radius 3 is 2.27 bits per heavy atom. The van der Waals surface area contributed by atoms with Gasteiger partial charge in [0.1, 0.15) is 5.75 Å². The topological polar surface area (TPSA) is 84.5 Å². The number of sulfonamides is 1. The van der Waals surface area contributed by atoms with Gasteiger partial charge >= 0.3 is 6.36 Å². The molecule has 2 N–H and O–H groups in total. The van der Waals surface area contributed by atoms with Crippen LogP contribution >= 0.6 is 0 Å². The van der Waals surface area contributed by atoms with Crippen molar-refractivity contribution in [2.45, 2.75) is 36.9 Å². The van der Waals surface area contributed by atoms with Crippen LogP contribution in [0.25, 0.3) is 0 Å². The van der Waals surface area contributed by atoms with Gasteiger partial charge in [-0.15, -0.1) is 13.2 Å². The van der Waals surface area contributed by atoms with Gasteiger partial charge in [0, 0.05) is 25.4 Å². The number of carbonyl (C=O) groups excluding carboxylic acids is 1. The van der Waals surface area contributed by atoms with Crippen LogP contribution in [-0.4, -0.2) is 33.8 Å². The number of hydrogen-bond acceptors (Lipinski definition) is 4. The molecule has 2 rings (SSSR count). The number of ether oxygens (including phenoxy) is 1. The number of rotatable bonds is 10. The van der Waals surface area contributed by atoms with Crippen molar-refractivity contribution in [2.75, 3.05) is 13.1 Å². The fourth-order valence-electron chi connectivity index (χ4n) is 2.75. The molecule has 0 heterocycles. The first-order valence-electron chi connectivity index (χ1n) is 9.28. The van der Waals surface area contributed by atoms with Crippen LogP contribution in [-0.2, 0) is 14.8 Å². The molecule has 1 unspecified atom stereocenters. The van der Waals surface area contributed by atoms with Crippen LogP contribution in [0.1, 0.15) is 31.2 Å². The summed E-state index contributed by atoms with van der Waals surface area (Å²) in [6.45, 7) is 2.31. The maximum Gasteiger partial charge on any atom is 0.573 e. The molecular weight excluding hydrogens is 421 g/mol. The largest absolute Gasteiger partial charge is 0.573 e. The average molecular weight is 444 g/mol. The van der Waals surface area contributed by atoms with Gasteiger partial charge in [0.25, 0.3) is 0 Å². The second kappa shape index (κ2) is 10.4. The van der Waals surface area contributed by atoms with E-state index in [-0.39, 0.29) is 29.7 Å². The summed E-state index contributed by atoms with van der Waals surface area (Å²) >= 11 is 0. The molecule has 1 amide bonds. The molecule has 0 aliphatic carbocycles. The minimum absolute atomic E-state index is 0.0697. The van der Waals surface area contributed by atoms with Gasteiger partial charge in [-0.3, -0.25) is 4.79 Å². The summed E-state index contributed by atoms with van der Waals surface area (Å²) in [5.41, 5.74) is 1.11. The lowest BCUT2D eigenvalue weighted by Crippen LogP contribution is -2.32. The highest BCUT2D eigenvalue weighted by molar-refractivity contribution is 7.89. The zero-order valence-electron chi connectivity index (χ0n) is 16.3. The molecule has 2 aromatic carbocycles. The monoisotopic (exact) mass is 444 g/mol. The number of carbonyl (C=O) groups is 1. The highest BCUT2D eigenvalue weighted by atomic mass is 32.2. The quantitative estimate of drug-likeness (QED) is 0.587. The van der Waals surface area contributed by atoms with Gasteiger partial charge in [0.05, 0.1) is 4.90 Å². The number of benzene rings is 2. The predicted octanol–water partition coefficient (Wildman–Crippen LogP) is 3.56. The molecule has 0 spiro atoms. The predicted molar refractivity (Wildman–Crippen MR) is 105 cm³/mol. The maximum absolute atomic E-state index is 12.2. The Kier molecular flexibility index (Phi) is 8.24. The van der Waals surface area contributed by atoms with E-state index in [0.29, 0.717) is 6.54 Å². The van der Waals surface area contributed by atoms with Crippen molar-refractivity contribution in [2.24, 2.45) is 0 Å². The summed E-state index contributed by atoms with van der Waals surface area (Å²) in [6.07, 6.45) is -4.09. The van der Waals surface area contributed by atoms with Crippen LogP contribution in [0.2, 0.25) is 0 Å². The second-order valence-electron chi connectivity index (χ2n) is 6.49. The van der Waals surface area contributed by atoms with Crippen LogP contribution in [0, 0.1) is 0 Å². The molecule has 0 aliphatic rings. The van der Waals surface area contributed by atoms with E-state index in [1.54, 1.807) is 0 Å². The Hall–Kier alpha value is -2.59. The van der Waals surface area contributed by atoms with Gasteiger partial charge in [-0.1, -0.05) is 37.3 Å². The van der Waals surface area contributed by atoms with Crippen molar-refractivity contribution in [3.05, 3.63) is 60.2 Å². The molecule has 0 fully saturated rings. The van der Waals surface area contributed by atoms with Crippen molar-refractivity contribution < 1.29 is 31.1 Å². The SMILES string of the molecule is CCC(CNC(=O)CCNS(=O)(=O)c1ccc(OC(F)(F)F)cc1)c1ccccc1. The van der Waals surface area contributed by atoms with Crippen molar-refractivity contribution >= 4 is 15.9 Å². The van der Waals surface area contributed by atoms with E-state index in [9.17, 15) is 26.4 Å². The molecule has 2 aromatic rings. The summed E-state index contributed by atoms with van der Waals surface area (Å²) in [5.74, 6) is -0.671. The average Bonchev–Trinajstić information content (AvgIpc) is 2.68. The Labute approximate surface area is 173 Å². The van der Waals surface area contributed by atoms with Gasteiger partial charge in [0.15, 0.2) is 0 Å². The van der Waals surface area contributed by atoms with Gasteiger partial charge in [0.2, 0.25) is 15.9 Å². The molecule has 0 bridgehead atoms. The zero-order chi connectivity index (χ0) is 22.2. The van der Waals surface area contributed by atoms with E-state index < -0.39 is 22.1 Å². The minimum atomic E-state index is -4.86. The zero-order valence-corrected chi connectivity index (χ0v) is 17.1. The molecule has 1 atom stereocenters. The van der Waals surface area contributed by atoms with Gasteiger partial charge in [-0.2, -0.15) is 0 Å². The Bertz CT molecular complexity index is 917. The summed E-state index contributed by atoms with van der Waals surface area (Å²) in [4.78, 5) is 11.8. The smallest absolute Gasteiger partial charge is 0.406 e. The highest BCUT2D eigenvalue weighted by Gasteiger charge is 2.31. The lowest BCUT2D eigenvalue weighted by Gasteiger charge is -2.16. The summed E-state index contributed by atoms with van der Waals surface area (Å²) in [7, 11) is -3.96. The maximum atomic E-state index is 12.2. The summed E-state index contributed by atoms with van der Waals surface area (Å²) < 4.78 is 66.8. The van der Waals surface area contributed by atoms with E-state index in [1.807, 2.05) is 37.3 Å². The summed E-state index contributed by atoms with van der Waals surface area (Å²) in [6, 6.07) is 13.5. The van der Waals surface area contributed by atoms with E-state index in [4.69, 9.17) is 0 Å². The van der Waals surface area contributed by atoms with Crippen LogP contribution in [0.5, 0.6) is 5.75 Å². The molecule has 0 aromatic heterocycles. The first-order chi connectivity index (χ1) is 14.1. The lowest BCUT2D eigenvalue weighted by atomic mass is 9.96. The number of amides is 1. The second-order valence-corrected chi connectivity index (χ2v) is 8.25. The highest BCUT2D eigenvalue weighted by Crippen LogP contribution is 2.23. The number of alkyl halides is 3. The minimum Gasteiger partial charge on any atom is -0.406 e. The van der Waals surface area contributed by atoms with Crippen molar-refractivity contribution in [1.82, 2.24) is 10.0 Å². The van der Waals surface area contributed by atoms with Crippen LogP contribution in [0.4, 0.5) is 13.2 Å². The fraction of sp³-hybridized carbons (Fsp3) is 0.350. The Balaban J connectivity index is 1.81. The van der Waals surface area contributed by atoms with E-state index in [0.717, 1.165) is 36.2 Å². The summed E-state index contributed by atoms with van der Waals surface area (Å²) in [5, 5.41) is 2.79. The van der Waals surface area contributed by atoms with Crippen molar-refractivity contribution in [3.8, 4) is 5.75 Å². The van der Waals surface area contributed by atoms with Gasteiger partial charge < -0.3 is 10.1 Å². The molecule has 0 saturated heterocycles. The Morgan fingerprint density at radius 1 is 1.07 bits per heavy atom. The molecular formula is C20H23F3N2O4S.